The lowest BCUT2D eigenvalue weighted by Crippen LogP contribution is -2.07. The molecular weight excluding hydrogens is 371 g/mol. The van der Waals surface area contributed by atoms with Crippen LogP contribution >= 0.6 is 22.6 Å². The summed E-state index contributed by atoms with van der Waals surface area (Å²) in [4.78, 5) is 13.0. The van der Waals surface area contributed by atoms with Gasteiger partial charge in [0, 0.05) is 14.7 Å². The number of carbonyl (C=O) groups excluding carboxylic acids is 1. The molecule has 0 saturated heterocycles. The highest BCUT2D eigenvalue weighted by Crippen LogP contribution is 2.27. The lowest BCUT2D eigenvalue weighted by molar-refractivity contribution is 0.103. The minimum atomic E-state index is 0.109. The van der Waals surface area contributed by atoms with Crippen LogP contribution in [-0.4, -0.2) is 5.78 Å². The van der Waals surface area contributed by atoms with Crippen LogP contribution < -0.4 is 0 Å². The summed E-state index contributed by atoms with van der Waals surface area (Å²) in [5, 5.41) is 2.13. The molecule has 104 valence electrons. The van der Waals surface area contributed by atoms with Gasteiger partial charge in [0.05, 0.1) is 0 Å². The molecule has 0 unspecified atom stereocenters. The van der Waals surface area contributed by atoms with Crippen LogP contribution in [0.5, 0.6) is 0 Å². The van der Waals surface area contributed by atoms with Gasteiger partial charge in [0.25, 0.3) is 0 Å². The third kappa shape index (κ3) is 2.48. The summed E-state index contributed by atoms with van der Waals surface area (Å²) in [6.07, 6.45) is 0. The second kappa shape index (κ2) is 5.60. The maximum absolute atomic E-state index is 13.0. The number of rotatable bonds is 2. The highest BCUT2D eigenvalue weighted by atomic mass is 127. The van der Waals surface area contributed by atoms with Crippen LogP contribution in [-0.2, 0) is 0 Å². The molecule has 0 saturated carbocycles. The minimum Gasteiger partial charge on any atom is -0.289 e. The largest absolute Gasteiger partial charge is 0.289 e. The first-order chi connectivity index (χ1) is 10.1. The van der Waals surface area contributed by atoms with Crippen LogP contribution in [0.2, 0.25) is 0 Å². The molecule has 1 nitrogen and oxygen atoms in total. The minimum absolute atomic E-state index is 0.109. The Hall–Kier alpha value is -1.68. The molecule has 0 heterocycles. The normalized spacial score (nSPS) is 10.8. The first kappa shape index (κ1) is 14.3. The number of hydrogen-bond acceptors (Lipinski definition) is 1. The van der Waals surface area contributed by atoms with Crippen LogP contribution in [0.25, 0.3) is 10.8 Å². The molecule has 0 aliphatic heterocycles. The van der Waals surface area contributed by atoms with Gasteiger partial charge in [-0.15, -0.1) is 0 Å². The van der Waals surface area contributed by atoms with Gasteiger partial charge in [0.1, 0.15) is 0 Å². The Morgan fingerprint density at radius 2 is 1.62 bits per heavy atom. The number of ketones is 1. The van der Waals surface area contributed by atoms with Crippen molar-refractivity contribution in [1.29, 1.82) is 0 Å². The third-order valence-electron chi connectivity index (χ3n) is 3.80. The van der Waals surface area contributed by atoms with Crippen LogP contribution in [0.4, 0.5) is 0 Å². The first-order valence-corrected chi connectivity index (χ1v) is 7.95. The number of benzene rings is 3. The van der Waals surface area contributed by atoms with E-state index in [1.165, 1.54) is 0 Å². The highest BCUT2D eigenvalue weighted by molar-refractivity contribution is 14.1. The Labute approximate surface area is 138 Å². The van der Waals surface area contributed by atoms with Gasteiger partial charge in [-0.3, -0.25) is 4.79 Å². The predicted molar refractivity (Wildman–Crippen MR) is 96.0 cm³/mol. The molecule has 0 bridgehead atoms. The second-order valence-corrected chi connectivity index (χ2v) is 6.32. The average Bonchev–Trinajstić information content (AvgIpc) is 2.49. The molecule has 0 atom stereocenters. The Morgan fingerprint density at radius 3 is 2.43 bits per heavy atom. The Balaban J connectivity index is 2.27. The summed E-state index contributed by atoms with van der Waals surface area (Å²) in [7, 11) is 0. The fourth-order valence-electron chi connectivity index (χ4n) is 2.64. The predicted octanol–water partition coefficient (Wildman–Crippen LogP) is 5.29. The molecule has 0 radical (unpaired) electrons. The van der Waals surface area contributed by atoms with Crippen molar-refractivity contribution in [3.63, 3.8) is 0 Å². The summed E-state index contributed by atoms with van der Waals surface area (Å²) in [6, 6.07) is 18.1. The molecule has 3 rings (SSSR count). The van der Waals surface area contributed by atoms with Gasteiger partial charge >= 0.3 is 0 Å². The SMILES string of the molecule is Cc1cccc(C(=O)c2c(C)ccc3ccccc23)c1I. The Kier molecular flexibility index (Phi) is 3.81. The third-order valence-corrected chi connectivity index (χ3v) is 5.23. The van der Waals surface area contributed by atoms with Crippen LogP contribution in [0.3, 0.4) is 0 Å². The van der Waals surface area contributed by atoms with E-state index in [1.807, 2.05) is 62.4 Å². The molecule has 2 heteroatoms. The lowest BCUT2D eigenvalue weighted by Gasteiger charge is -2.11. The van der Waals surface area contributed by atoms with Crippen molar-refractivity contribution >= 4 is 39.1 Å². The molecule has 0 aromatic heterocycles. The molecule has 3 aromatic carbocycles. The van der Waals surface area contributed by atoms with Gasteiger partial charge in [0.2, 0.25) is 0 Å². The maximum Gasteiger partial charge on any atom is 0.194 e. The number of aryl methyl sites for hydroxylation is 2. The van der Waals surface area contributed by atoms with Crippen molar-refractivity contribution in [1.82, 2.24) is 0 Å². The molecule has 0 amide bonds. The molecule has 21 heavy (non-hydrogen) atoms. The summed E-state index contributed by atoms with van der Waals surface area (Å²) < 4.78 is 1.03. The molecule has 0 spiro atoms. The Bertz CT molecular complexity index is 849. The van der Waals surface area contributed by atoms with Gasteiger partial charge in [0.15, 0.2) is 5.78 Å². The van der Waals surface area contributed by atoms with E-state index < -0.39 is 0 Å². The number of hydrogen-bond donors (Lipinski definition) is 0. The number of carbonyl (C=O) groups is 1. The average molecular weight is 386 g/mol. The molecular formula is C19H15IO. The van der Waals surface area contributed by atoms with Gasteiger partial charge in [-0.1, -0.05) is 48.5 Å². The molecule has 3 aromatic rings. The quantitative estimate of drug-likeness (QED) is 0.432. The second-order valence-electron chi connectivity index (χ2n) is 5.24. The first-order valence-electron chi connectivity index (χ1n) is 6.88. The van der Waals surface area contributed by atoms with Gasteiger partial charge in [-0.05, 0) is 64.4 Å². The van der Waals surface area contributed by atoms with E-state index in [2.05, 4.69) is 28.7 Å². The van der Waals surface area contributed by atoms with E-state index in [0.717, 1.165) is 36.6 Å². The van der Waals surface area contributed by atoms with E-state index in [1.54, 1.807) is 0 Å². The van der Waals surface area contributed by atoms with Gasteiger partial charge in [-0.2, -0.15) is 0 Å². The summed E-state index contributed by atoms with van der Waals surface area (Å²) in [5.41, 5.74) is 3.77. The van der Waals surface area contributed by atoms with E-state index in [4.69, 9.17) is 0 Å². The van der Waals surface area contributed by atoms with Crippen molar-refractivity contribution in [3.8, 4) is 0 Å². The van der Waals surface area contributed by atoms with E-state index in [0.29, 0.717) is 0 Å². The van der Waals surface area contributed by atoms with Gasteiger partial charge in [-0.25, -0.2) is 0 Å². The van der Waals surface area contributed by atoms with Crippen molar-refractivity contribution < 1.29 is 4.79 Å². The number of halogens is 1. The fourth-order valence-corrected chi connectivity index (χ4v) is 3.24. The van der Waals surface area contributed by atoms with Crippen molar-refractivity contribution in [2.45, 2.75) is 13.8 Å². The smallest absolute Gasteiger partial charge is 0.194 e. The maximum atomic E-state index is 13.0. The Morgan fingerprint density at radius 1 is 0.857 bits per heavy atom. The van der Waals surface area contributed by atoms with Gasteiger partial charge < -0.3 is 0 Å². The molecule has 0 aliphatic rings. The van der Waals surface area contributed by atoms with Crippen LogP contribution in [0, 0.1) is 17.4 Å². The monoisotopic (exact) mass is 386 g/mol. The zero-order chi connectivity index (χ0) is 15.0. The zero-order valence-corrected chi connectivity index (χ0v) is 14.1. The number of fused-ring (bicyclic) bond motifs is 1. The van der Waals surface area contributed by atoms with Crippen molar-refractivity contribution in [2.75, 3.05) is 0 Å². The van der Waals surface area contributed by atoms with E-state index in [9.17, 15) is 4.79 Å². The summed E-state index contributed by atoms with van der Waals surface area (Å²) >= 11 is 2.26. The molecule has 0 fully saturated rings. The van der Waals surface area contributed by atoms with Crippen molar-refractivity contribution in [2.24, 2.45) is 0 Å². The molecule has 0 N–H and O–H groups in total. The van der Waals surface area contributed by atoms with Crippen LogP contribution in [0.1, 0.15) is 27.0 Å². The van der Waals surface area contributed by atoms with E-state index in [-0.39, 0.29) is 5.78 Å². The topological polar surface area (TPSA) is 17.1 Å². The summed E-state index contributed by atoms with van der Waals surface area (Å²) in [5.74, 6) is 0.109. The van der Waals surface area contributed by atoms with Crippen molar-refractivity contribution in [3.05, 3.63) is 80.4 Å². The highest BCUT2D eigenvalue weighted by Gasteiger charge is 2.18. The van der Waals surface area contributed by atoms with Crippen LogP contribution in [0.15, 0.2) is 54.6 Å². The zero-order valence-electron chi connectivity index (χ0n) is 12.0. The lowest BCUT2D eigenvalue weighted by atomic mass is 9.93. The molecule has 0 aliphatic carbocycles. The van der Waals surface area contributed by atoms with E-state index >= 15 is 0 Å². The fraction of sp³-hybridized carbons (Fsp3) is 0.105. The summed E-state index contributed by atoms with van der Waals surface area (Å²) in [6.45, 7) is 4.04. The standard InChI is InChI=1S/C19H15IO/c1-12-10-11-14-7-3-4-8-15(14)17(12)19(21)16-9-5-6-13(2)18(16)20/h3-11H,1-2H3.